The van der Waals surface area contributed by atoms with Crippen molar-refractivity contribution in [1.29, 1.82) is 0 Å². The first-order valence-electron chi connectivity index (χ1n) is 5.25. The Labute approximate surface area is 101 Å². The third kappa shape index (κ3) is 8.64. The van der Waals surface area contributed by atoms with Gasteiger partial charge in [-0.05, 0) is 13.3 Å². The van der Waals surface area contributed by atoms with E-state index < -0.39 is 21.7 Å². The van der Waals surface area contributed by atoms with Crippen molar-refractivity contribution >= 4 is 21.9 Å². The molecule has 0 saturated carbocycles. The third-order valence-corrected chi connectivity index (χ3v) is 3.28. The topological polar surface area (TPSA) is 113 Å². The Morgan fingerprint density at radius 2 is 1.94 bits per heavy atom. The van der Waals surface area contributed by atoms with Crippen molar-refractivity contribution in [3.05, 3.63) is 0 Å². The van der Waals surface area contributed by atoms with Crippen LogP contribution in [-0.4, -0.2) is 43.7 Å². The Hall–Kier alpha value is -1.15. The fraction of sp³-hybridized carbons (Fsp3) is 0.778. The fourth-order valence-corrected chi connectivity index (χ4v) is 1.82. The maximum atomic E-state index is 11.3. The zero-order valence-electron chi connectivity index (χ0n) is 9.89. The second-order valence-corrected chi connectivity index (χ2v) is 5.48. The highest BCUT2D eigenvalue weighted by atomic mass is 32.2. The van der Waals surface area contributed by atoms with Gasteiger partial charge >= 0.3 is 5.97 Å². The van der Waals surface area contributed by atoms with Crippen LogP contribution in [0.25, 0.3) is 0 Å². The highest BCUT2D eigenvalue weighted by molar-refractivity contribution is 7.90. The van der Waals surface area contributed by atoms with Crippen LogP contribution in [0, 0.1) is 0 Å². The molecule has 0 spiro atoms. The standard InChI is InChI=1S/C9H18N2O5S/c1-3-7(2)11-8(12)4-5-10-17(15,16)6-9(13)14/h7,10H,3-6H2,1-2H3,(H,11,12)(H,13,14). The average molecular weight is 266 g/mol. The predicted octanol–water partition coefficient (Wildman–Crippen LogP) is -0.705. The molecule has 7 nitrogen and oxygen atoms in total. The molecule has 1 atom stereocenters. The van der Waals surface area contributed by atoms with E-state index in [1.807, 2.05) is 18.6 Å². The molecule has 17 heavy (non-hydrogen) atoms. The van der Waals surface area contributed by atoms with E-state index in [2.05, 4.69) is 5.32 Å². The van der Waals surface area contributed by atoms with Crippen molar-refractivity contribution in [1.82, 2.24) is 10.0 Å². The summed E-state index contributed by atoms with van der Waals surface area (Å²) in [4.78, 5) is 21.5. The summed E-state index contributed by atoms with van der Waals surface area (Å²) in [5.41, 5.74) is 0. The van der Waals surface area contributed by atoms with Crippen molar-refractivity contribution in [2.45, 2.75) is 32.7 Å². The highest BCUT2D eigenvalue weighted by Gasteiger charge is 2.15. The number of carboxylic acid groups (broad SMARTS) is 1. The van der Waals surface area contributed by atoms with Crippen LogP contribution in [0.3, 0.4) is 0 Å². The first kappa shape index (κ1) is 15.9. The van der Waals surface area contributed by atoms with Crippen molar-refractivity contribution in [3.63, 3.8) is 0 Å². The van der Waals surface area contributed by atoms with Crippen LogP contribution in [0.2, 0.25) is 0 Å². The minimum atomic E-state index is -3.84. The maximum absolute atomic E-state index is 11.3. The van der Waals surface area contributed by atoms with Gasteiger partial charge in [0, 0.05) is 19.0 Å². The first-order valence-corrected chi connectivity index (χ1v) is 6.90. The second-order valence-electron chi connectivity index (χ2n) is 3.67. The summed E-state index contributed by atoms with van der Waals surface area (Å²) in [6.07, 6.45) is 0.777. The van der Waals surface area contributed by atoms with E-state index in [9.17, 15) is 18.0 Å². The molecule has 0 heterocycles. The van der Waals surface area contributed by atoms with Crippen LogP contribution >= 0.6 is 0 Å². The van der Waals surface area contributed by atoms with E-state index in [0.29, 0.717) is 0 Å². The van der Waals surface area contributed by atoms with Gasteiger partial charge in [0.1, 0.15) is 0 Å². The van der Waals surface area contributed by atoms with Gasteiger partial charge < -0.3 is 10.4 Å². The molecule has 0 bridgehead atoms. The molecule has 1 unspecified atom stereocenters. The minimum absolute atomic E-state index is 0.0107. The summed E-state index contributed by atoms with van der Waals surface area (Å²) >= 11 is 0. The Balaban J connectivity index is 3.91. The SMILES string of the molecule is CCC(C)NC(=O)CCNS(=O)(=O)CC(=O)O. The van der Waals surface area contributed by atoms with E-state index in [1.54, 1.807) is 0 Å². The number of hydrogen-bond donors (Lipinski definition) is 3. The van der Waals surface area contributed by atoms with Crippen LogP contribution in [-0.2, 0) is 19.6 Å². The van der Waals surface area contributed by atoms with Crippen LogP contribution in [0.15, 0.2) is 0 Å². The molecule has 0 rings (SSSR count). The van der Waals surface area contributed by atoms with Gasteiger partial charge in [-0.1, -0.05) is 6.92 Å². The summed E-state index contributed by atoms with van der Waals surface area (Å²) in [5.74, 6) is -2.68. The number of amides is 1. The number of hydrogen-bond acceptors (Lipinski definition) is 4. The zero-order chi connectivity index (χ0) is 13.5. The molecular weight excluding hydrogens is 248 g/mol. The molecule has 0 aromatic carbocycles. The number of rotatable bonds is 8. The highest BCUT2D eigenvalue weighted by Crippen LogP contribution is 1.90. The normalized spacial score (nSPS) is 13.1. The first-order chi connectivity index (χ1) is 7.76. The zero-order valence-corrected chi connectivity index (χ0v) is 10.7. The lowest BCUT2D eigenvalue weighted by atomic mass is 10.2. The Kier molecular flexibility index (Phi) is 6.74. The quantitative estimate of drug-likeness (QED) is 0.537. The Morgan fingerprint density at radius 3 is 2.41 bits per heavy atom. The van der Waals surface area contributed by atoms with Gasteiger partial charge in [-0.25, -0.2) is 13.1 Å². The molecule has 0 aromatic heterocycles. The lowest BCUT2D eigenvalue weighted by Crippen LogP contribution is -2.36. The lowest BCUT2D eigenvalue weighted by Gasteiger charge is -2.11. The predicted molar refractivity (Wildman–Crippen MR) is 61.9 cm³/mol. The summed E-state index contributed by atoms with van der Waals surface area (Å²) in [5, 5.41) is 11.0. The summed E-state index contributed by atoms with van der Waals surface area (Å²) in [7, 11) is -3.84. The van der Waals surface area contributed by atoms with E-state index in [0.717, 1.165) is 6.42 Å². The maximum Gasteiger partial charge on any atom is 0.320 e. The second kappa shape index (κ2) is 7.23. The van der Waals surface area contributed by atoms with Crippen molar-refractivity contribution < 1.29 is 23.1 Å². The van der Waals surface area contributed by atoms with Crippen molar-refractivity contribution in [3.8, 4) is 0 Å². The molecule has 1 amide bonds. The number of sulfonamides is 1. The molecule has 0 aliphatic rings. The van der Waals surface area contributed by atoms with Crippen LogP contribution in [0.5, 0.6) is 0 Å². The molecule has 0 fully saturated rings. The van der Waals surface area contributed by atoms with Gasteiger partial charge in [0.15, 0.2) is 5.75 Å². The number of carboxylic acids is 1. The molecule has 0 saturated heterocycles. The van der Waals surface area contributed by atoms with Gasteiger partial charge in [-0.15, -0.1) is 0 Å². The summed E-state index contributed by atoms with van der Waals surface area (Å²) in [6.45, 7) is 3.66. The lowest BCUT2D eigenvalue weighted by molar-refractivity contribution is -0.134. The van der Waals surface area contributed by atoms with Gasteiger partial charge in [-0.3, -0.25) is 9.59 Å². The largest absolute Gasteiger partial charge is 0.480 e. The van der Waals surface area contributed by atoms with E-state index in [1.165, 1.54) is 0 Å². The molecule has 0 aromatic rings. The average Bonchev–Trinajstić information content (AvgIpc) is 2.14. The Morgan fingerprint density at radius 1 is 1.35 bits per heavy atom. The summed E-state index contributed by atoms with van der Waals surface area (Å²) < 4.78 is 24.2. The number of carbonyl (C=O) groups is 2. The monoisotopic (exact) mass is 266 g/mol. The molecular formula is C9H18N2O5S. The van der Waals surface area contributed by atoms with Gasteiger partial charge in [0.25, 0.3) is 0 Å². The van der Waals surface area contributed by atoms with Gasteiger partial charge in [0.05, 0.1) is 0 Å². The van der Waals surface area contributed by atoms with E-state index >= 15 is 0 Å². The van der Waals surface area contributed by atoms with Gasteiger partial charge in [-0.2, -0.15) is 0 Å². The molecule has 0 aliphatic carbocycles. The number of carbonyl (C=O) groups excluding carboxylic acids is 1. The molecule has 3 N–H and O–H groups in total. The Bertz CT molecular complexity index is 366. The van der Waals surface area contributed by atoms with Crippen LogP contribution in [0.1, 0.15) is 26.7 Å². The number of nitrogens with one attached hydrogen (secondary N) is 2. The fourth-order valence-electron chi connectivity index (χ4n) is 0.983. The number of aliphatic carboxylic acids is 1. The van der Waals surface area contributed by atoms with Crippen LogP contribution in [0.4, 0.5) is 0 Å². The van der Waals surface area contributed by atoms with Crippen LogP contribution < -0.4 is 10.0 Å². The minimum Gasteiger partial charge on any atom is -0.480 e. The third-order valence-electron chi connectivity index (χ3n) is 2.01. The summed E-state index contributed by atoms with van der Waals surface area (Å²) in [6, 6.07) is 0.0399. The van der Waals surface area contributed by atoms with Crippen molar-refractivity contribution in [2.24, 2.45) is 0 Å². The van der Waals surface area contributed by atoms with E-state index in [4.69, 9.17) is 5.11 Å². The molecule has 0 aliphatic heterocycles. The van der Waals surface area contributed by atoms with E-state index in [-0.39, 0.29) is 24.9 Å². The van der Waals surface area contributed by atoms with Gasteiger partial charge in [0.2, 0.25) is 15.9 Å². The molecule has 8 heteroatoms. The molecule has 100 valence electrons. The molecule has 0 radical (unpaired) electrons. The van der Waals surface area contributed by atoms with Crippen molar-refractivity contribution in [2.75, 3.05) is 12.3 Å². The smallest absolute Gasteiger partial charge is 0.320 e.